The summed E-state index contributed by atoms with van der Waals surface area (Å²) in [5.74, 6) is 0.751. The predicted molar refractivity (Wildman–Crippen MR) is 109 cm³/mol. The van der Waals surface area contributed by atoms with Gasteiger partial charge in [-0.1, -0.05) is 0 Å². The molecule has 0 saturated heterocycles. The Bertz CT molecular complexity index is 905. The fourth-order valence-electron chi connectivity index (χ4n) is 3.14. The van der Waals surface area contributed by atoms with Gasteiger partial charge in [0.15, 0.2) is 6.29 Å². The molecule has 0 spiro atoms. The molecule has 3 rings (SSSR count). The maximum absolute atomic E-state index is 12.9. The number of carbonyl (C=O) groups is 2. The van der Waals surface area contributed by atoms with E-state index in [9.17, 15) is 14.7 Å². The van der Waals surface area contributed by atoms with Gasteiger partial charge in [0.1, 0.15) is 17.3 Å². The number of aromatic nitrogens is 2. The van der Waals surface area contributed by atoms with Crippen LogP contribution in [0.3, 0.4) is 0 Å². The molecule has 0 radical (unpaired) electrons. The van der Waals surface area contributed by atoms with E-state index in [0.29, 0.717) is 61.0 Å². The molecule has 2 amide bonds. The molecular weight excluding hydrogens is 376 g/mol. The number of aryl methyl sites for hydroxylation is 1. The number of hydrogen-bond acceptors (Lipinski definition) is 8. The molecule has 3 heterocycles. The zero-order valence-electron chi connectivity index (χ0n) is 16.1. The van der Waals surface area contributed by atoms with E-state index in [1.165, 1.54) is 11.1 Å². The zero-order valence-corrected chi connectivity index (χ0v) is 16.1. The summed E-state index contributed by atoms with van der Waals surface area (Å²) in [6.45, 7) is 1.24. The average molecular weight is 400 g/mol. The molecule has 0 saturated carbocycles. The molecule has 29 heavy (non-hydrogen) atoms. The van der Waals surface area contributed by atoms with Gasteiger partial charge >= 0.3 is 6.03 Å². The molecule has 10 nitrogen and oxygen atoms in total. The van der Waals surface area contributed by atoms with Crippen molar-refractivity contribution < 1.29 is 19.4 Å². The number of hydrogen-bond donors (Lipinski definition) is 4. The SMILES string of the molecule is COCCNc1cc(NC(=O)N2CCCc3cc(CO)c(C=O)nc32)ncc1N. The summed E-state index contributed by atoms with van der Waals surface area (Å²) in [6.07, 6.45) is 3.50. The minimum atomic E-state index is -0.410. The second kappa shape index (κ2) is 9.30. The Hall–Kier alpha value is -3.24. The molecule has 2 aromatic heterocycles. The number of carbonyl (C=O) groups excluding carboxylic acids is 2. The first kappa shape index (κ1) is 20.5. The van der Waals surface area contributed by atoms with Crippen LogP contribution in [0, 0.1) is 0 Å². The molecule has 1 aliphatic rings. The highest BCUT2D eigenvalue weighted by Crippen LogP contribution is 2.28. The third kappa shape index (κ3) is 4.61. The third-order valence-corrected chi connectivity index (χ3v) is 4.59. The van der Waals surface area contributed by atoms with Crippen LogP contribution in [-0.2, 0) is 17.8 Å². The molecule has 0 aromatic carbocycles. The summed E-state index contributed by atoms with van der Waals surface area (Å²) < 4.78 is 5.00. The molecule has 0 fully saturated rings. The Balaban J connectivity index is 1.80. The highest BCUT2D eigenvalue weighted by molar-refractivity contribution is 6.02. The van der Waals surface area contributed by atoms with Crippen molar-refractivity contribution in [3.63, 3.8) is 0 Å². The monoisotopic (exact) mass is 400 g/mol. The van der Waals surface area contributed by atoms with Crippen molar-refractivity contribution in [3.8, 4) is 0 Å². The standard InChI is InChI=1S/C19H24N6O4/c1-29-6-4-21-15-8-17(22-9-14(15)20)24-19(28)25-5-2-3-12-7-13(10-26)16(11-27)23-18(12)25/h7-9,11,26H,2-6,10,20H2,1H3,(H2,21,22,24,28). The smallest absolute Gasteiger partial charge is 0.328 e. The van der Waals surface area contributed by atoms with Crippen LogP contribution < -0.4 is 21.3 Å². The number of anilines is 4. The summed E-state index contributed by atoms with van der Waals surface area (Å²) in [7, 11) is 1.60. The van der Waals surface area contributed by atoms with Gasteiger partial charge in [0.05, 0.1) is 30.8 Å². The van der Waals surface area contributed by atoms with Crippen molar-refractivity contribution in [2.45, 2.75) is 19.4 Å². The van der Waals surface area contributed by atoms with Crippen LogP contribution in [0.5, 0.6) is 0 Å². The van der Waals surface area contributed by atoms with Crippen molar-refractivity contribution in [1.29, 1.82) is 0 Å². The van der Waals surface area contributed by atoms with Gasteiger partial charge in [-0.25, -0.2) is 14.8 Å². The summed E-state index contributed by atoms with van der Waals surface area (Å²) in [5, 5.41) is 15.3. The number of urea groups is 1. The van der Waals surface area contributed by atoms with E-state index < -0.39 is 6.03 Å². The van der Waals surface area contributed by atoms with Crippen LogP contribution in [-0.4, -0.2) is 54.2 Å². The molecule has 0 atom stereocenters. The predicted octanol–water partition coefficient (Wildman–Crippen LogP) is 1.41. The lowest BCUT2D eigenvalue weighted by molar-refractivity contribution is 0.111. The molecule has 154 valence electrons. The number of nitrogens with zero attached hydrogens (tertiary/aromatic N) is 3. The Morgan fingerprint density at radius 2 is 2.28 bits per heavy atom. The van der Waals surface area contributed by atoms with Gasteiger partial charge in [-0.2, -0.15) is 0 Å². The number of aldehydes is 1. The maximum atomic E-state index is 12.9. The fourth-order valence-corrected chi connectivity index (χ4v) is 3.14. The molecule has 0 bridgehead atoms. The first-order valence-corrected chi connectivity index (χ1v) is 9.23. The van der Waals surface area contributed by atoms with Crippen LogP contribution in [0.4, 0.5) is 27.8 Å². The van der Waals surface area contributed by atoms with Crippen LogP contribution in [0.1, 0.15) is 28.0 Å². The van der Waals surface area contributed by atoms with E-state index in [2.05, 4.69) is 20.6 Å². The molecule has 0 unspecified atom stereocenters. The van der Waals surface area contributed by atoms with E-state index in [1.807, 2.05) is 0 Å². The number of methoxy groups -OCH3 is 1. The minimum absolute atomic E-state index is 0.126. The van der Waals surface area contributed by atoms with E-state index in [1.54, 1.807) is 19.2 Å². The molecule has 10 heteroatoms. The molecule has 2 aromatic rings. The van der Waals surface area contributed by atoms with Crippen molar-refractivity contribution in [1.82, 2.24) is 9.97 Å². The highest BCUT2D eigenvalue weighted by Gasteiger charge is 2.26. The second-order valence-corrected chi connectivity index (χ2v) is 6.55. The van der Waals surface area contributed by atoms with Gasteiger partial charge in [0, 0.05) is 31.8 Å². The minimum Gasteiger partial charge on any atom is -0.396 e. The number of aliphatic hydroxyl groups is 1. The first-order valence-electron chi connectivity index (χ1n) is 9.23. The Labute approximate surface area is 168 Å². The highest BCUT2D eigenvalue weighted by atomic mass is 16.5. The van der Waals surface area contributed by atoms with Crippen LogP contribution in [0.15, 0.2) is 18.3 Å². The topological polar surface area (TPSA) is 143 Å². The average Bonchev–Trinajstić information content (AvgIpc) is 2.74. The number of rotatable bonds is 7. The summed E-state index contributed by atoms with van der Waals surface area (Å²) in [4.78, 5) is 34.1. The van der Waals surface area contributed by atoms with E-state index in [-0.39, 0.29) is 12.3 Å². The van der Waals surface area contributed by atoms with Crippen molar-refractivity contribution in [3.05, 3.63) is 35.2 Å². The van der Waals surface area contributed by atoms with Crippen LogP contribution >= 0.6 is 0 Å². The lowest BCUT2D eigenvalue weighted by atomic mass is 10.0. The molecular formula is C19H24N6O4. The fraction of sp³-hybridized carbons (Fsp3) is 0.368. The number of nitrogens with two attached hydrogens (primary N) is 1. The van der Waals surface area contributed by atoms with Gasteiger partial charge in [0.25, 0.3) is 0 Å². The summed E-state index contributed by atoms with van der Waals surface area (Å²) >= 11 is 0. The van der Waals surface area contributed by atoms with Crippen molar-refractivity contribution in [2.75, 3.05) is 48.1 Å². The quantitative estimate of drug-likeness (QED) is 0.403. The van der Waals surface area contributed by atoms with Crippen LogP contribution in [0.25, 0.3) is 0 Å². The largest absolute Gasteiger partial charge is 0.396 e. The first-order chi connectivity index (χ1) is 14.1. The van der Waals surface area contributed by atoms with Crippen LogP contribution in [0.2, 0.25) is 0 Å². The van der Waals surface area contributed by atoms with Gasteiger partial charge in [-0.15, -0.1) is 0 Å². The van der Waals surface area contributed by atoms with Gasteiger partial charge in [0.2, 0.25) is 0 Å². The summed E-state index contributed by atoms with van der Waals surface area (Å²) in [5.41, 5.74) is 8.40. The van der Waals surface area contributed by atoms with E-state index in [4.69, 9.17) is 10.5 Å². The Morgan fingerprint density at radius 1 is 1.45 bits per heavy atom. The maximum Gasteiger partial charge on any atom is 0.328 e. The number of fused-ring (bicyclic) bond motifs is 1. The molecule has 1 aliphatic heterocycles. The molecule has 5 N–H and O–H groups in total. The lowest BCUT2D eigenvalue weighted by Gasteiger charge is -2.29. The number of amides is 2. The van der Waals surface area contributed by atoms with Crippen molar-refractivity contribution >= 4 is 35.3 Å². The van der Waals surface area contributed by atoms with E-state index in [0.717, 1.165) is 12.0 Å². The lowest BCUT2D eigenvalue weighted by Crippen LogP contribution is -2.39. The zero-order chi connectivity index (χ0) is 20.8. The Morgan fingerprint density at radius 3 is 3.00 bits per heavy atom. The summed E-state index contributed by atoms with van der Waals surface area (Å²) in [6, 6.07) is 2.96. The van der Waals surface area contributed by atoms with Crippen molar-refractivity contribution in [2.24, 2.45) is 0 Å². The number of ether oxygens (including phenoxy) is 1. The van der Waals surface area contributed by atoms with Gasteiger partial charge in [-0.05, 0) is 24.5 Å². The Kier molecular flexibility index (Phi) is 6.57. The van der Waals surface area contributed by atoms with E-state index >= 15 is 0 Å². The second-order valence-electron chi connectivity index (χ2n) is 6.55. The normalized spacial score (nSPS) is 13.0. The number of aliphatic hydroxyl groups excluding tert-OH is 1. The third-order valence-electron chi connectivity index (χ3n) is 4.59. The van der Waals surface area contributed by atoms with Gasteiger partial charge in [-0.3, -0.25) is 15.0 Å². The van der Waals surface area contributed by atoms with Gasteiger partial charge < -0.3 is 20.9 Å². The molecule has 0 aliphatic carbocycles. The number of nitrogens with one attached hydrogen (secondary N) is 2. The number of pyridine rings is 2. The number of nitrogen functional groups attached to an aromatic ring is 1.